The van der Waals surface area contributed by atoms with Gasteiger partial charge in [0.05, 0.1) is 19.3 Å². The molecule has 10 heteroatoms. The second-order valence-electron chi connectivity index (χ2n) is 8.23. The van der Waals surface area contributed by atoms with E-state index in [-0.39, 0.29) is 25.2 Å². The van der Waals surface area contributed by atoms with Crippen molar-refractivity contribution in [2.75, 3.05) is 48.4 Å². The van der Waals surface area contributed by atoms with Gasteiger partial charge in [-0.05, 0) is 55.5 Å². The van der Waals surface area contributed by atoms with Crippen LogP contribution in [0.1, 0.15) is 13.3 Å². The molecule has 182 valence electrons. The summed E-state index contributed by atoms with van der Waals surface area (Å²) >= 11 is 5.89. The number of amides is 3. The van der Waals surface area contributed by atoms with Crippen LogP contribution in [0.4, 0.5) is 21.9 Å². The van der Waals surface area contributed by atoms with Crippen LogP contribution in [0.15, 0.2) is 48.5 Å². The summed E-state index contributed by atoms with van der Waals surface area (Å²) in [6.07, 6.45) is -0.851. The molecule has 2 fully saturated rings. The van der Waals surface area contributed by atoms with Crippen molar-refractivity contribution in [1.29, 1.82) is 0 Å². The van der Waals surface area contributed by atoms with Gasteiger partial charge in [-0.15, -0.1) is 0 Å². The van der Waals surface area contributed by atoms with Crippen LogP contribution in [0.2, 0.25) is 5.02 Å². The second-order valence-corrected chi connectivity index (χ2v) is 8.67. The Morgan fingerprint density at radius 3 is 2.47 bits per heavy atom. The van der Waals surface area contributed by atoms with Crippen LogP contribution < -0.4 is 15.5 Å². The van der Waals surface area contributed by atoms with Crippen molar-refractivity contribution >= 4 is 40.6 Å². The molecule has 2 aromatic carbocycles. The average molecular weight is 489 g/mol. The van der Waals surface area contributed by atoms with E-state index in [9.17, 15) is 14.7 Å². The van der Waals surface area contributed by atoms with Crippen LogP contribution in [-0.4, -0.2) is 73.2 Å². The molecule has 3 amide bonds. The highest BCUT2D eigenvalue weighted by molar-refractivity contribution is 6.30. The number of morpholine rings is 1. The molecular formula is C24H29ClN4O5. The van der Waals surface area contributed by atoms with Gasteiger partial charge < -0.3 is 35.0 Å². The van der Waals surface area contributed by atoms with Crippen molar-refractivity contribution in [3.8, 4) is 0 Å². The third-order valence-electron chi connectivity index (χ3n) is 5.82. The summed E-state index contributed by atoms with van der Waals surface area (Å²) < 4.78 is 11.2. The second kappa shape index (κ2) is 11.1. The lowest BCUT2D eigenvalue weighted by molar-refractivity contribution is -0.143. The molecule has 2 aromatic rings. The molecule has 0 spiro atoms. The molecule has 0 saturated carbocycles. The smallest absolute Gasteiger partial charge is 0.322 e. The van der Waals surface area contributed by atoms with E-state index >= 15 is 0 Å². The molecule has 4 rings (SSSR count). The summed E-state index contributed by atoms with van der Waals surface area (Å²) in [6.45, 7) is 4.58. The number of likely N-dealkylation sites (tertiary alicyclic amines) is 1. The van der Waals surface area contributed by atoms with E-state index in [4.69, 9.17) is 21.1 Å². The Morgan fingerprint density at radius 1 is 1.09 bits per heavy atom. The van der Waals surface area contributed by atoms with E-state index in [2.05, 4.69) is 15.5 Å². The molecule has 0 radical (unpaired) electrons. The molecule has 0 bridgehead atoms. The van der Waals surface area contributed by atoms with E-state index in [1.807, 2.05) is 31.2 Å². The van der Waals surface area contributed by atoms with Gasteiger partial charge >= 0.3 is 6.03 Å². The molecule has 3 N–H and O–H groups in total. The molecule has 1 unspecified atom stereocenters. The van der Waals surface area contributed by atoms with E-state index in [0.717, 1.165) is 12.2 Å². The molecule has 0 aliphatic carbocycles. The summed E-state index contributed by atoms with van der Waals surface area (Å²) in [4.78, 5) is 29.3. The summed E-state index contributed by atoms with van der Waals surface area (Å²) in [5.74, 6) is -0.349. The highest BCUT2D eigenvalue weighted by Crippen LogP contribution is 2.24. The Kier molecular flexibility index (Phi) is 7.89. The summed E-state index contributed by atoms with van der Waals surface area (Å²) in [6, 6.07) is 12.9. The fourth-order valence-corrected chi connectivity index (χ4v) is 4.26. The minimum atomic E-state index is -0.784. The van der Waals surface area contributed by atoms with Gasteiger partial charge in [0.2, 0.25) is 5.91 Å². The van der Waals surface area contributed by atoms with Crippen LogP contribution in [0, 0.1) is 0 Å². The number of aliphatic hydroxyl groups excluding tert-OH is 1. The molecular weight excluding hydrogens is 460 g/mol. The Morgan fingerprint density at radius 2 is 1.76 bits per heavy atom. The van der Waals surface area contributed by atoms with Crippen LogP contribution in [-0.2, 0) is 14.3 Å². The summed E-state index contributed by atoms with van der Waals surface area (Å²) in [7, 11) is 0. The lowest BCUT2D eigenvalue weighted by Gasteiger charge is -2.34. The SMILES string of the molecule is CCOC1CN(c2ccc(NC(=O)[C@H]3C[C@@H](O)CN3C(=O)Nc3ccc(Cl)cc3)cc2)CCO1. The summed E-state index contributed by atoms with van der Waals surface area (Å²) in [5, 5.41) is 16.3. The van der Waals surface area contributed by atoms with Crippen LogP contribution in [0.25, 0.3) is 0 Å². The van der Waals surface area contributed by atoms with Crippen molar-refractivity contribution in [3.05, 3.63) is 53.6 Å². The Bertz CT molecular complexity index is 986. The van der Waals surface area contributed by atoms with Gasteiger partial charge in [-0.1, -0.05) is 11.6 Å². The number of benzene rings is 2. The minimum absolute atomic E-state index is 0.0779. The number of urea groups is 1. The first-order valence-corrected chi connectivity index (χ1v) is 11.7. The van der Waals surface area contributed by atoms with Gasteiger partial charge in [0.1, 0.15) is 6.04 Å². The monoisotopic (exact) mass is 488 g/mol. The largest absolute Gasteiger partial charge is 0.391 e. The number of hydrogen-bond acceptors (Lipinski definition) is 6. The maximum Gasteiger partial charge on any atom is 0.322 e. The number of ether oxygens (including phenoxy) is 2. The van der Waals surface area contributed by atoms with Gasteiger partial charge in [0.15, 0.2) is 6.29 Å². The van der Waals surface area contributed by atoms with Crippen molar-refractivity contribution in [2.24, 2.45) is 0 Å². The number of anilines is 3. The van der Waals surface area contributed by atoms with E-state index < -0.39 is 18.2 Å². The number of carbonyl (C=O) groups is 2. The first-order chi connectivity index (χ1) is 16.4. The first kappa shape index (κ1) is 24.3. The quantitative estimate of drug-likeness (QED) is 0.577. The van der Waals surface area contributed by atoms with E-state index in [1.165, 1.54) is 4.90 Å². The van der Waals surface area contributed by atoms with E-state index in [0.29, 0.717) is 36.2 Å². The molecule has 3 atom stereocenters. The zero-order valence-corrected chi connectivity index (χ0v) is 19.7. The highest BCUT2D eigenvalue weighted by Gasteiger charge is 2.39. The molecule has 2 aliphatic rings. The third kappa shape index (κ3) is 5.98. The topological polar surface area (TPSA) is 103 Å². The van der Waals surface area contributed by atoms with Crippen molar-refractivity contribution < 1.29 is 24.2 Å². The molecule has 2 aliphatic heterocycles. The Balaban J connectivity index is 1.37. The molecule has 2 saturated heterocycles. The zero-order chi connectivity index (χ0) is 24.1. The minimum Gasteiger partial charge on any atom is -0.391 e. The summed E-state index contributed by atoms with van der Waals surface area (Å²) in [5.41, 5.74) is 2.18. The zero-order valence-electron chi connectivity index (χ0n) is 18.9. The van der Waals surface area contributed by atoms with Gasteiger partial charge in [-0.3, -0.25) is 4.79 Å². The number of β-amino-alcohol motifs (C(OH)–C–C–N with tert-alkyl or cyclic N) is 1. The fraction of sp³-hybridized carbons (Fsp3) is 0.417. The first-order valence-electron chi connectivity index (χ1n) is 11.3. The van der Waals surface area contributed by atoms with Crippen LogP contribution >= 0.6 is 11.6 Å². The van der Waals surface area contributed by atoms with Gasteiger partial charge in [-0.25, -0.2) is 4.79 Å². The lowest BCUT2D eigenvalue weighted by atomic mass is 10.1. The Hall–Kier alpha value is -2.85. The van der Waals surface area contributed by atoms with Gasteiger partial charge in [-0.2, -0.15) is 0 Å². The number of nitrogens with zero attached hydrogens (tertiary/aromatic N) is 2. The standard InChI is InChI=1S/C24H29ClN4O5/c1-2-33-22-15-28(11-12-34-22)19-9-7-17(8-10-19)26-23(31)21-13-20(30)14-29(21)24(32)27-18-5-3-16(25)4-6-18/h3-10,20-22,30H,2,11-15H2,1H3,(H,26,31)(H,27,32)/t20-,21-,22?/m1/s1. The fourth-order valence-electron chi connectivity index (χ4n) is 4.14. The van der Waals surface area contributed by atoms with Crippen molar-refractivity contribution in [3.63, 3.8) is 0 Å². The Labute approximate surface area is 203 Å². The highest BCUT2D eigenvalue weighted by atomic mass is 35.5. The predicted molar refractivity (Wildman–Crippen MR) is 130 cm³/mol. The normalized spacial score (nSPS) is 22.5. The molecule has 34 heavy (non-hydrogen) atoms. The number of aliphatic hydroxyl groups is 1. The number of rotatable bonds is 6. The number of halogens is 1. The van der Waals surface area contributed by atoms with Crippen LogP contribution in [0.3, 0.4) is 0 Å². The maximum absolute atomic E-state index is 13.0. The molecule has 0 aromatic heterocycles. The predicted octanol–water partition coefficient (Wildman–Crippen LogP) is 3.15. The molecule has 2 heterocycles. The van der Waals surface area contributed by atoms with Gasteiger partial charge in [0, 0.05) is 48.2 Å². The van der Waals surface area contributed by atoms with Crippen molar-refractivity contribution in [1.82, 2.24) is 4.90 Å². The number of carbonyl (C=O) groups excluding carboxylic acids is 2. The third-order valence-corrected chi connectivity index (χ3v) is 6.08. The average Bonchev–Trinajstić information content (AvgIpc) is 3.23. The maximum atomic E-state index is 13.0. The molecule has 9 nitrogen and oxygen atoms in total. The lowest BCUT2D eigenvalue weighted by Crippen LogP contribution is -2.45. The number of hydrogen-bond donors (Lipinski definition) is 3. The van der Waals surface area contributed by atoms with Crippen LogP contribution in [0.5, 0.6) is 0 Å². The number of nitrogens with one attached hydrogen (secondary N) is 2. The van der Waals surface area contributed by atoms with Gasteiger partial charge in [0.25, 0.3) is 0 Å². The van der Waals surface area contributed by atoms with Crippen molar-refractivity contribution in [2.45, 2.75) is 31.8 Å². The van der Waals surface area contributed by atoms with E-state index in [1.54, 1.807) is 24.3 Å².